The Morgan fingerprint density at radius 1 is 1.17 bits per heavy atom. The third-order valence-corrected chi connectivity index (χ3v) is 4.74. The summed E-state index contributed by atoms with van der Waals surface area (Å²) in [5.74, 6) is 1.000. The zero-order chi connectivity index (χ0) is 15.8. The van der Waals surface area contributed by atoms with Gasteiger partial charge in [0.05, 0.1) is 11.8 Å². The average Bonchev–Trinajstić information content (AvgIpc) is 3.02. The first-order valence-electron chi connectivity index (χ1n) is 8.13. The summed E-state index contributed by atoms with van der Waals surface area (Å²) in [6, 6.07) is 16.5. The number of fused-ring (bicyclic) bond motifs is 3. The van der Waals surface area contributed by atoms with Crippen molar-refractivity contribution in [3.63, 3.8) is 0 Å². The molecule has 0 N–H and O–H groups in total. The lowest BCUT2D eigenvalue weighted by Crippen LogP contribution is -2.40. The zero-order valence-electron chi connectivity index (χ0n) is 13.1. The molecule has 2 aromatic rings. The van der Waals surface area contributed by atoms with Crippen molar-refractivity contribution in [3.8, 4) is 5.75 Å². The molecule has 118 valence electrons. The van der Waals surface area contributed by atoms with Gasteiger partial charge in [0, 0.05) is 23.4 Å². The Morgan fingerprint density at radius 3 is 2.74 bits per heavy atom. The molecule has 0 bridgehead atoms. The van der Waals surface area contributed by atoms with E-state index in [1.54, 1.807) is 0 Å². The van der Waals surface area contributed by atoms with Crippen molar-refractivity contribution in [1.29, 1.82) is 0 Å². The highest BCUT2D eigenvalue weighted by atomic mass is 35.5. The van der Waals surface area contributed by atoms with E-state index in [1.807, 2.05) is 30.3 Å². The smallest absolute Gasteiger partial charge is 0.187 e. The highest BCUT2D eigenvalue weighted by Crippen LogP contribution is 2.43. The summed E-state index contributed by atoms with van der Waals surface area (Å²) < 4.78 is 6.19. The molecular formula is C19H19ClN2O. The first kappa shape index (κ1) is 14.6. The van der Waals surface area contributed by atoms with Crippen molar-refractivity contribution in [2.45, 2.75) is 38.5 Å². The summed E-state index contributed by atoms with van der Waals surface area (Å²) in [7, 11) is 0. The topological polar surface area (TPSA) is 24.8 Å². The molecule has 2 aliphatic heterocycles. The molecular weight excluding hydrogens is 308 g/mol. The summed E-state index contributed by atoms with van der Waals surface area (Å²) >= 11 is 6.00. The number of hydrazone groups is 1. The number of ether oxygens (including phenoxy) is 1. The normalized spacial score (nSPS) is 22.2. The van der Waals surface area contributed by atoms with Gasteiger partial charge in [-0.3, -0.25) is 5.01 Å². The van der Waals surface area contributed by atoms with E-state index in [0.717, 1.165) is 41.3 Å². The first-order chi connectivity index (χ1) is 11.3. The van der Waals surface area contributed by atoms with E-state index >= 15 is 0 Å². The molecule has 0 amide bonds. The maximum atomic E-state index is 6.19. The second-order valence-corrected chi connectivity index (χ2v) is 6.49. The quantitative estimate of drug-likeness (QED) is 0.792. The lowest BCUT2D eigenvalue weighted by molar-refractivity contribution is -0.0223. The molecule has 23 heavy (non-hydrogen) atoms. The second kappa shape index (κ2) is 5.89. The Bertz CT molecular complexity index is 741. The average molecular weight is 327 g/mol. The molecule has 0 aromatic heterocycles. The van der Waals surface area contributed by atoms with Crippen LogP contribution in [0.25, 0.3) is 0 Å². The van der Waals surface area contributed by atoms with Crippen LogP contribution in [0.15, 0.2) is 53.6 Å². The van der Waals surface area contributed by atoms with Crippen LogP contribution in [0.4, 0.5) is 0 Å². The Labute approximate surface area is 141 Å². The minimum atomic E-state index is 0.0182. The molecule has 0 saturated heterocycles. The van der Waals surface area contributed by atoms with Gasteiger partial charge in [-0.1, -0.05) is 55.3 Å². The number of benzene rings is 2. The summed E-state index contributed by atoms with van der Waals surface area (Å²) in [5, 5.41) is 7.79. The SMILES string of the molecule is CCC[C@@H]1Oc2ccccc2[C@@H]2CC(c3ccc(Cl)cc3)=NN12. The van der Waals surface area contributed by atoms with Crippen molar-refractivity contribution >= 4 is 17.3 Å². The van der Waals surface area contributed by atoms with Gasteiger partial charge < -0.3 is 4.74 Å². The van der Waals surface area contributed by atoms with Crippen molar-refractivity contribution < 1.29 is 4.74 Å². The van der Waals surface area contributed by atoms with Crippen LogP contribution in [0.1, 0.15) is 43.4 Å². The first-order valence-corrected chi connectivity index (χ1v) is 8.51. The van der Waals surface area contributed by atoms with Crippen molar-refractivity contribution in [1.82, 2.24) is 5.01 Å². The number of hydrogen-bond donors (Lipinski definition) is 0. The van der Waals surface area contributed by atoms with Crippen molar-refractivity contribution in [2.24, 2.45) is 5.10 Å². The molecule has 0 radical (unpaired) electrons. The van der Waals surface area contributed by atoms with Gasteiger partial charge >= 0.3 is 0 Å². The van der Waals surface area contributed by atoms with Crippen LogP contribution in [0.2, 0.25) is 5.02 Å². The summed E-state index contributed by atoms with van der Waals surface area (Å²) in [4.78, 5) is 0. The molecule has 0 unspecified atom stereocenters. The summed E-state index contributed by atoms with van der Waals surface area (Å²) in [6.07, 6.45) is 2.97. The maximum Gasteiger partial charge on any atom is 0.187 e. The number of halogens is 1. The van der Waals surface area contributed by atoms with E-state index in [0.29, 0.717) is 0 Å². The molecule has 4 heteroatoms. The van der Waals surface area contributed by atoms with E-state index < -0.39 is 0 Å². The molecule has 3 nitrogen and oxygen atoms in total. The maximum absolute atomic E-state index is 6.19. The number of hydrogen-bond acceptors (Lipinski definition) is 3. The van der Waals surface area contributed by atoms with Gasteiger partial charge in [-0.15, -0.1) is 0 Å². The lowest BCUT2D eigenvalue weighted by atomic mass is 9.96. The van der Waals surface area contributed by atoms with Crippen LogP contribution in [0.3, 0.4) is 0 Å². The molecule has 0 saturated carbocycles. The highest BCUT2D eigenvalue weighted by molar-refractivity contribution is 6.30. The number of para-hydroxylation sites is 1. The van der Waals surface area contributed by atoms with Crippen LogP contribution in [0, 0.1) is 0 Å². The molecule has 2 heterocycles. The molecule has 0 aliphatic carbocycles. The molecule has 2 aromatic carbocycles. The monoisotopic (exact) mass is 326 g/mol. The van der Waals surface area contributed by atoms with Crippen LogP contribution >= 0.6 is 11.6 Å². The van der Waals surface area contributed by atoms with E-state index in [1.165, 1.54) is 5.56 Å². The highest BCUT2D eigenvalue weighted by Gasteiger charge is 2.39. The predicted molar refractivity (Wildman–Crippen MR) is 93.0 cm³/mol. The van der Waals surface area contributed by atoms with Crippen molar-refractivity contribution in [3.05, 3.63) is 64.7 Å². The number of nitrogens with zero attached hydrogens (tertiary/aromatic N) is 2. The van der Waals surface area contributed by atoms with Crippen LogP contribution < -0.4 is 4.74 Å². The number of rotatable bonds is 3. The van der Waals surface area contributed by atoms with Crippen LogP contribution in [0.5, 0.6) is 5.75 Å². The van der Waals surface area contributed by atoms with Crippen LogP contribution in [-0.4, -0.2) is 16.9 Å². The Balaban J connectivity index is 1.71. The van der Waals surface area contributed by atoms with Gasteiger partial charge in [-0.05, 0) is 23.8 Å². The van der Waals surface area contributed by atoms with E-state index in [-0.39, 0.29) is 12.3 Å². The Kier molecular flexibility index (Phi) is 3.74. The minimum Gasteiger partial charge on any atom is -0.469 e. The van der Waals surface area contributed by atoms with Crippen molar-refractivity contribution in [2.75, 3.05) is 0 Å². The van der Waals surface area contributed by atoms with E-state index in [9.17, 15) is 0 Å². The van der Waals surface area contributed by atoms with Gasteiger partial charge in [0.15, 0.2) is 6.23 Å². The second-order valence-electron chi connectivity index (χ2n) is 6.05. The largest absolute Gasteiger partial charge is 0.469 e. The fourth-order valence-corrected chi connectivity index (χ4v) is 3.49. The lowest BCUT2D eigenvalue weighted by Gasteiger charge is -2.38. The zero-order valence-corrected chi connectivity index (χ0v) is 13.8. The predicted octanol–water partition coefficient (Wildman–Crippen LogP) is 5.01. The molecule has 4 rings (SSSR count). The van der Waals surface area contributed by atoms with Gasteiger partial charge in [0.2, 0.25) is 0 Å². The van der Waals surface area contributed by atoms with Gasteiger partial charge in [0.25, 0.3) is 0 Å². The van der Waals surface area contributed by atoms with Gasteiger partial charge in [0.1, 0.15) is 5.75 Å². The fourth-order valence-electron chi connectivity index (χ4n) is 3.36. The Hall–Kier alpha value is -2.00. The third kappa shape index (κ3) is 2.59. The summed E-state index contributed by atoms with van der Waals surface area (Å²) in [5.41, 5.74) is 3.47. The minimum absolute atomic E-state index is 0.0182. The molecule has 2 atom stereocenters. The molecule has 2 aliphatic rings. The van der Waals surface area contributed by atoms with E-state index in [2.05, 4.69) is 30.1 Å². The van der Waals surface area contributed by atoms with Gasteiger partial charge in [-0.25, -0.2) is 0 Å². The van der Waals surface area contributed by atoms with Crippen LogP contribution in [-0.2, 0) is 0 Å². The summed E-state index contributed by atoms with van der Waals surface area (Å²) in [6.45, 7) is 2.18. The third-order valence-electron chi connectivity index (χ3n) is 4.49. The fraction of sp³-hybridized carbons (Fsp3) is 0.316. The van der Waals surface area contributed by atoms with Gasteiger partial charge in [-0.2, -0.15) is 5.10 Å². The molecule has 0 spiro atoms. The Morgan fingerprint density at radius 2 is 1.96 bits per heavy atom. The standard InChI is InChI=1S/C19H19ClN2O/c1-2-5-19-22-17(15-6-3-4-7-18(15)23-19)12-16(21-22)13-8-10-14(20)11-9-13/h3-4,6-11,17,19H,2,5,12H2,1H3/t17-,19-/m0/s1. The molecule has 0 fully saturated rings. The van der Waals surface area contributed by atoms with E-state index in [4.69, 9.17) is 21.4 Å².